The fourth-order valence-corrected chi connectivity index (χ4v) is 12.5. The maximum absolute atomic E-state index is 2.62. The van der Waals surface area contributed by atoms with E-state index in [1.165, 1.54) is 106 Å². The van der Waals surface area contributed by atoms with Gasteiger partial charge in [-0.15, -0.1) is 68.3 Å². The zero-order valence-corrected chi connectivity index (χ0v) is 33.6. The number of benzene rings is 4. The van der Waals surface area contributed by atoms with Gasteiger partial charge in [-0.3, -0.25) is 0 Å². The minimum atomic E-state index is -2.06. The fraction of sp³-hybridized carbons (Fsp3) is 0.273. The van der Waals surface area contributed by atoms with Gasteiger partial charge >= 0.3 is 25.8 Å². The third-order valence-electron chi connectivity index (χ3n) is 9.68. The molecular weight excluding hydrogens is 735 g/mol. The number of unbranched alkanes of at least 4 members (excludes halogenated alkanes) is 4. The van der Waals surface area contributed by atoms with Crippen molar-refractivity contribution < 1.29 is 25.8 Å². The molecule has 0 saturated heterocycles. The van der Waals surface area contributed by atoms with Crippen molar-refractivity contribution in [3.8, 4) is 22.3 Å². The molecule has 2 heteroatoms. The van der Waals surface area contributed by atoms with Gasteiger partial charge in [0.25, 0.3) is 0 Å². The van der Waals surface area contributed by atoms with Crippen LogP contribution in [0.3, 0.4) is 0 Å². The summed E-state index contributed by atoms with van der Waals surface area (Å²) in [6.45, 7) is 9.08. The number of rotatable bonds is 12. The van der Waals surface area contributed by atoms with Crippen LogP contribution in [0.5, 0.6) is 0 Å². The van der Waals surface area contributed by atoms with Gasteiger partial charge in [0.1, 0.15) is 0 Å². The van der Waals surface area contributed by atoms with Crippen molar-refractivity contribution in [2.24, 2.45) is 0 Å². The molecule has 0 bridgehead atoms. The molecule has 0 heterocycles. The second-order valence-corrected chi connectivity index (χ2v) is 17.2. The monoisotopic (exact) mass is 788 g/mol. The van der Waals surface area contributed by atoms with E-state index in [-0.39, 0.29) is 40.7 Å². The van der Waals surface area contributed by atoms with Crippen LogP contribution in [0.4, 0.5) is 0 Å². The van der Waals surface area contributed by atoms with Crippen molar-refractivity contribution in [1.29, 1.82) is 0 Å². The molecule has 0 radical (unpaired) electrons. The maximum Gasteiger partial charge on any atom is 4.00 e. The minimum Gasteiger partial charge on any atom is -0.358 e. The first-order valence-electron chi connectivity index (χ1n) is 16.6. The van der Waals surface area contributed by atoms with Crippen LogP contribution in [0.2, 0.25) is 12.1 Å². The van der Waals surface area contributed by atoms with Crippen molar-refractivity contribution in [3.63, 3.8) is 0 Å². The van der Waals surface area contributed by atoms with Gasteiger partial charge in [-0.25, -0.2) is 0 Å². The normalized spacial score (nSPS) is 11.2. The van der Waals surface area contributed by atoms with Gasteiger partial charge in [-0.05, 0) is 25.0 Å². The Hall–Kier alpha value is -2.81. The molecule has 0 aromatic heterocycles. The molecule has 0 saturated carbocycles. The average molecular weight is 787 g/mol. The molecule has 0 aliphatic heterocycles. The van der Waals surface area contributed by atoms with Crippen LogP contribution in [-0.2, 0) is 25.8 Å². The summed E-state index contributed by atoms with van der Waals surface area (Å²) in [6, 6.07) is 45.0. The number of aryl methyl sites for hydroxylation is 2. The zero-order chi connectivity index (χ0) is 29.8. The predicted octanol–water partition coefficient (Wildman–Crippen LogP) is 12.2. The summed E-state index contributed by atoms with van der Waals surface area (Å²) in [5.74, 6) is 0. The van der Waals surface area contributed by atoms with Crippen LogP contribution in [-0.4, -0.2) is 8.07 Å². The SMILES string of the molecule is CCCCC[Si](CCCCC)(c1cc2c(-c3cccc(C)c3)cccc2[cH-]1)c1cc2c(-c3cccc(C)c3)cccc2[cH-]1.[CH3-].[CH3-].[Hf+4]. The molecule has 0 fully saturated rings. The Morgan fingerprint density at radius 2 is 0.935 bits per heavy atom. The van der Waals surface area contributed by atoms with E-state index in [1.54, 1.807) is 10.4 Å². The maximum atomic E-state index is 2.62. The van der Waals surface area contributed by atoms with Crippen LogP contribution in [0.15, 0.2) is 109 Å². The van der Waals surface area contributed by atoms with Crippen molar-refractivity contribution >= 4 is 40.0 Å². The van der Waals surface area contributed by atoms with E-state index in [9.17, 15) is 0 Å². The molecule has 0 amide bonds. The van der Waals surface area contributed by atoms with Crippen molar-refractivity contribution in [2.75, 3.05) is 0 Å². The molecule has 46 heavy (non-hydrogen) atoms. The van der Waals surface area contributed by atoms with Crippen molar-refractivity contribution in [1.82, 2.24) is 0 Å². The molecule has 0 N–H and O–H groups in total. The second kappa shape index (κ2) is 16.8. The van der Waals surface area contributed by atoms with Crippen LogP contribution >= 0.6 is 0 Å². The van der Waals surface area contributed by atoms with Crippen LogP contribution in [0.25, 0.3) is 43.8 Å². The molecule has 0 spiro atoms. The van der Waals surface area contributed by atoms with E-state index in [0.29, 0.717) is 0 Å². The Kier molecular flexibility index (Phi) is 13.8. The fourth-order valence-electron chi connectivity index (χ4n) is 7.37. The first-order chi connectivity index (χ1) is 21.0. The van der Waals surface area contributed by atoms with E-state index in [0.717, 1.165) is 0 Å². The first kappa shape index (κ1) is 37.6. The van der Waals surface area contributed by atoms with Gasteiger partial charge in [0.05, 0.1) is 8.07 Å². The Morgan fingerprint density at radius 3 is 1.33 bits per heavy atom. The standard InChI is InChI=1S/C42H46Si.2CH3.Hf/c1-5-7-9-23-43(24-10-8-6-2,37-27-35-19-13-21-39(41(35)29-37)33-17-11-15-31(3)25-33)38-28-36-20-14-22-40(42(36)30-38)34-18-12-16-32(4)26-34;;;/h11-22,25-30H,5-10,23-24H2,1-4H3;2*1H3;/q-2;2*-1;+4. The molecular formula is C44H52HfSi. The molecule has 0 atom stereocenters. The summed E-state index contributed by atoms with van der Waals surface area (Å²) >= 11 is 0. The minimum absolute atomic E-state index is 0. The topological polar surface area (TPSA) is 0 Å². The average Bonchev–Trinajstić information content (AvgIpc) is 3.66. The molecule has 6 rings (SSSR count). The first-order valence-corrected chi connectivity index (χ1v) is 19.0. The van der Waals surface area contributed by atoms with E-state index in [1.807, 2.05) is 0 Å². The molecule has 236 valence electrons. The second-order valence-electron chi connectivity index (χ2n) is 12.8. The van der Waals surface area contributed by atoms with Crippen LogP contribution < -0.4 is 10.4 Å². The van der Waals surface area contributed by atoms with Gasteiger partial charge < -0.3 is 14.9 Å². The van der Waals surface area contributed by atoms with Gasteiger partial charge in [-0.1, -0.05) is 147 Å². The molecule has 0 nitrogen and oxygen atoms in total. The Balaban J connectivity index is 0.00000192. The molecule has 6 aromatic carbocycles. The van der Waals surface area contributed by atoms with E-state index in [2.05, 4.69) is 137 Å². The molecule has 0 aliphatic rings. The Labute approximate surface area is 299 Å². The molecule has 6 aromatic rings. The number of fused-ring (bicyclic) bond motifs is 2. The summed E-state index contributed by atoms with van der Waals surface area (Å²) in [7, 11) is -2.06. The van der Waals surface area contributed by atoms with Gasteiger partial charge in [-0.2, -0.15) is 12.1 Å². The number of hydrogen-bond acceptors (Lipinski definition) is 0. The largest absolute Gasteiger partial charge is 4.00 e. The van der Waals surface area contributed by atoms with Gasteiger partial charge in [0.2, 0.25) is 0 Å². The van der Waals surface area contributed by atoms with Crippen LogP contribution in [0.1, 0.15) is 63.5 Å². The quantitative estimate of drug-likeness (QED) is 0.0658. The predicted molar refractivity (Wildman–Crippen MR) is 206 cm³/mol. The third-order valence-corrected chi connectivity index (χ3v) is 14.9. The Morgan fingerprint density at radius 1 is 0.522 bits per heavy atom. The molecule has 0 aliphatic carbocycles. The van der Waals surface area contributed by atoms with Crippen molar-refractivity contribution in [3.05, 3.63) is 135 Å². The third kappa shape index (κ3) is 7.66. The molecule has 0 unspecified atom stereocenters. The van der Waals surface area contributed by atoms with E-state index < -0.39 is 8.07 Å². The van der Waals surface area contributed by atoms with Gasteiger partial charge in [0, 0.05) is 0 Å². The summed E-state index contributed by atoms with van der Waals surface area (Å²) in [5.41, 5.74) is 8.02. The smallest absolute Gasteiger partial charge is 0.358 e. The summed E-state index contributed by atoms with van der Waals surface area (Å²) < 4.78 is 0. The zero-order valence-electron chi connectivity index (χ0n) is 29.0. The van der Waals surface area contributed by atoms with E-state index in [4.69, 9.17) is 0 Å². The number of hydrogen-bond donors (Lipinski definition) is 0. The summed E-state index contributed by atoms with van der Waals surface area (Å²) in [5, 5.41) is 8.91. The summed E-state index contributed by atoms with van der Waals surface area (Å²) in [6.07, 6.45) is 7.78. The van der Waals surface area contributed by atoms with Crippen LogP contribution in [0, 0.1) is 28.7 Å². The summed E-state index contributed by atoms with van der Waals surface area (Å²) in [4.78, 5) is 0. The van der Waals surface area contributed by atoms with Gasteiger partial charge in [0.15, 0.2) is 0 Å². The van der Waals surface area contributed by atoms with E-state index >= 15 is 0 Å². The van der Waals surface area contributed by atoms with Crippen molar-refractivity contribution in [2.45, 2.75) is 78.3 Å². The Bertz CT molecular complexity index is 1700.